The summed E-state index contributed by atoms with van der Waals surface area (Å²) in [6.45, 7) is 12.2. The second-order valence-electron chi connectivity index (χ2n) is 9.50. The number of nitrogens with one attached hydrogen (secondary N) is 1. The minimum Gasteiger partial charge on any atom is -0.463 e. The fraction of sp³-hybridized carbons (Fsp3) is 0.577. The number of ether oxygens (including phenoxy) is 1. The highest BCUT2D eigenvalue weighted by atomic mass is 19.1. The molecular weight excluding hydrogens is 451 g/mol. The molecule has 0 radical (unpaired) electrons. The number of benzene rings is 1. The average molecular weight is 489 g/mol. The van der Waals surface area contributed by atoms with Crippen LogP contribution in [0.3, 0.4) is 0 Å². The van der Waals surface area contributed by atoms with Crippen molar-refractivity contribution in [3.8, 4) is 0 Å². The summed E-state index contributed by atoms with van der Waals surface area (Å²) in [5.74, 6) is -0.646. The van der Waals surface area contributed by atoms with Crippen LogP contribution >= 0.6 is 0 Å². The number of carbonyl (C=O) groups excluding carboxylic acids is 3. The van der Waals surface area contributed by atoms with Gasteiger partial charge in [0, 0.05) is 56.4 Å². The van der Waals surface area contributed by atoms with Crippen molar-refractivity contribution in [1.29, 1.82) is 0 Å². The molecule has 2 aliphatic heterocycles. The first-order chi connectivity index (χ1) is 16.7. The molecular formula is C26H37FN4O4. The molecule has 8 nitrogen and oxygen atoms in total. The molecule has 2 heterocycles. The molecule has 3 rings (SSSR count). The Kier molecular flexibility index (Phi) is 8.88. The number of amides is 3. The van der Waals surface area contributed by atoms with E-state index in [1.807, 2.05) is 32.6 Å². The lowest BCUT2D eigenvalue weighted by molar-refractivity contribution is -0.139. The van der Waals surface area contributed by atoms with Gasteiger partial charge in [0.25, 0.3) is 0 Å². The Morgan fingerprint density at radius 1 is 1.20 bits per heavy atom. The van der Waals surface area contributed by atoms with Crippen LogP contribution in [0, 0.1) is 11.7 Å². The van der Waals surface area contributed by atoms with Crippen molar-refractivity contribution in [2.75, 3.05) is 39.3 Å². The Bertz CT molecular complexity index is 980. The lowest BCUT2D eigenvalue weighted by Crippen LogP contribution is -2.56. The van der Waals surface area contributed by atoms with Gasteiger partial charge in [0.15, 0.2) is 0 Å². The lowest BCUT2D eigenvalue weighted by Gasteiger charge is -2.43. The summed E-state index contributed by atoms with van der Waals surface area (Å²) in [4.78, 5) is 44.4. The van der Waals surface area contributed by atoms with E-state index in [2.05, 4.69) is 10.2 Å². The van der Waals surface area contributed by atoms with Crippen LogP contribution in [0.1, 0.15) is 52.6 Å². The van der Waals surface area contributed by atoms with Crippen molar-refractivity contribution in [3.63, 3.8) is 0 Å². The summed E-state index contributed by atoms with van der Waals surface area (Å²) in [5.41, 5.74) is 0.969. The van der Waals surface area contributed by atoms with Crippen LogP contribution in [-0.2, 0) is 14.3 Å². The Hall–Kier alpha value is -2.94. The maximum Gasteiger partial charge on any atom is 0.338 e. The summed E-state index contributed by atoms with van der Waals surface area (Å²) < 4.78 is 20.1. The molecule has 2 aliphatic rings. The summed E-state index contributed by atoms with van der Waals surface area (Å²) >= 11 is 0. The Labute approximate surface area is 207 Å². The highest BCUT2D eigenvalue weighted by Gasteiger charge is 2.40. The number of piperazine rings is 1. The third kappa shape index (κ3) is 6.01. The molecule has 1 saturated heterocycles. The minimum absolute atomic E-state index is 0.00324. The Balaban J connectivity index is 1.95. The smallest absolute Gasteiger partial charge is 0.338 e. The first kappa shape index (κ1) is 26.7. The fourth-order valence-corrected chi connectivity index (χ4v) is 4.83. The maximum absolute atomic E-state index is 14.8. The van der Waals surface area contributed by atoms with Crippen LogP contribution in [0.15, 0.2) is 35.5 Å². The maximum atomic E-state index is 14.8. The SMILES string of the molecule is CCOC(=O)C1=C(CN2CCN(C(=O)CC(C)C)[C@@H](C)C2)N(CC)C(=O)N[C@@H]1c1ccccc1F. The first-order valence-corrected chi connectivity index (χ1v) is 12.4. The topological polar surface area (TPSA) is 82.2 Å². The van der Waals surface area contributed by atoms with Crippen LogP contribution < -0.4 is 5.32 Å². The third-order valence-corrected chi connectivity index (χ3v) is 6.45. The van der Waals surface area contributed by atoms with Crippen LogP contribution in [0.4, 0.5) is 9.18 Å². The van der Waals surface area contributed by atoms with Crippen molar-refractivity contribution in [3.05, 3.63) is 46.9 Å². The van der Waals surface area contributed by atoms with Crippen LogP contribution in [-0.4, -0.2) is 78.0 Å². The van der Waals surface area contributed by atoms with Gasteiger partial charge in [-0.05, 0) is 32.8 Å². The van der Waals surface area contributed by atoms with Gasteiger partial charge in [0.1, 0.15) is 5.82 Å². The monoisotopic (exact) mass is 488 g/mol. The van der Waals surface area contributed by atoms with Gasteiger partial charge < -0.3 is 15.0 Å². The van der Waals surface area contributed by atoms with Gasteiger partial charge in [-0.25, -0.2) is 14.0 Å². The zero-order chi connectivity index (χ0) is 25.7. The molecule has 9 heteroatoms. The van der Waals surface area contributed by atoms with Crippen molar-refractivity contribution in [1.82, 2.24) is 20.0 Å². The van der Waals surface area contributed by atoms with Crippen LogP contribution in [0.2, 0.25) is 0 Å². The molecule has 1 aromatic rings. The summed E-state index contributed by atoms with van der Waals surface area (Å²) in [5, 5.41) is 2.80. The van der Waals surface area contributed by atoms with Gasteiger partial charge in [-0.1, -0.05) is 32.0 Å². The molecule has 0 bridgehead atoms. The predicted octanol–water partition coefficient (Wildman–Crippen LogP) is 3.31. The van der Waals surface area contributed by atoms with E-state index in [-0.39, 0.29) is 35.7 Å². The molecule has 2 atom stereocenters. The molecule has 35 heavy (non-hydrogen) atoms. The van der Waals surface area contributed by atoms with Crippen molar-refractivity contribution in [2.45, 2.75) is 53.1 Å². The number of halogens is 1. The van der Waals surface area contributed by atoms with Crippen molar-refractivity contribution >= 4 is 17.9 Å². The van der Waals surface area contributed by atoms with E-state index < -0.39 is 17.8 Å². The molecule has 1 N–H and O–H groups in total. The summed E-state index contributed by atoms with van der Waals surface area (Å²) in [6, 6.07) is 4.78. The summed E-state index contributed by atoms with van der Waals surface area (Å²) in [7, 11) is 0. The molecule has 3 amide bonds. The second-order valence-corrected chi connectivity index (χ2v) is 9.50. The second kappa shape index (κ2) is 11.7. The quantitative estimate of drug-likeness (QED) is 0.568. The Morgan fingerprint density at radius 3 is 2.51 bits per heavy atom. The van der Waals surface area contributed by atoms with Gasteiger partial charge in [-0.15, -0.1) is 0 Å². The highest BCUT2D eigenvalue weighted by molar-refractivity contribution is 5.95. The van der Waals surface area contributed by atoms with Gasteiger partial charge >= 0.3 is 12.0 Å². The largest absolute Gasteiger partial charge is 0.463 e. The van der Waals surface area contributed by atoms with E-state index >= 15 is 0 Å². The molecule has 0 aromatic heterocycles. The number of hydrogen-bond acceptors (Lipinski definition) is 5. The van der Waals surface area contributed by atoms with Crippen molar-refractivity contribution in [2.24, 2.45) is 5.92 Å². The molecule has 192 valence electrons. The van der Waals surface area contributed by atoms with E-state index in [0.717, 1.165) is 0 Å². The number of hydrogen-bond donors (Lipinski definition) is 1. The number of likely N-dealkylation sites (N-methyl/N-ethyl adjacent to an activating group) is 1. The van der Waals surface area contributed by atoms with Gasteiger partial charge in [-0.3, -0.25) is 14.6 Å². The molecule has 0 unspecified atom stereocenters. The average Bonchev–Trinajstić information content (AvgIpc) is 2.79. The van der Waals surface area contributed by atoms with Crippen LogP contribution in [0.5, 0.6) is 0 Å². The van der Waals surface area contributed by atoms with E-state index in [0.29, 0.717) is 50.8 Å². The number of rotatable bonds is 8. The summed E-state index contributed by atoms with van der Waals surface area (Å²) in [6.07, 6.45) is 0.511. The standard InChI is InChI=1S/C26H37FN4O4/c1-6-30-21(16-29-12-13-31(18(5)15-29)22(32)14-17(3)4)23(25(33)35-7-2)24(28-26(30)34)19-10-8-9-11-20(19)27/h8-11,17-18,24H,6-7,12-16H2,1-5H3,(H,28,34)/t18-,24+/m0/s1. The number of urea groups is 1. The lowest BCUT2D eigenvalue weighted by atomic mass is 9.93. The fourth-order valence-electron chi connectivity index (χ4n) is 4.83. The van der Waals surface area contributed by atoms with E-state index in [1.54, 1.807) is 25.1 Å². The van der Waals surface area contributed by atoms with E-state index in [1.165, 1.54) is 11.0 Å². The Morgan fingerprint density at radius 2 is 1.91 bits per heavy atom. The number of carbonyl (C=O) groups is 3. The zero-order valence-electron chi connectivity index (χ0n) is 21.3. The molecule has 1 fully saturated rings. The number of nitrogens with zero attached hydrogens (tertiary/aromatic N) is 3. The van der Waals surface area contributed by atoms with Gasteiger partial charge in [0.05, 0.1) is 18.2 Å². The molecule has 1 aromatic carbocycles. The molecule has 0 aliphatic carbocycles. The number of esters is 1. The van der Waals surface area contributed by atoms with E-state index in [9.17, 15) is 18.8 Å². The normalized spacial score (nSPS) is 21.4. The van der Waals surface area contributed by atoms with E-state index in [4.69, 9.17) is 4.74 Å². The van der Waals surface area contributed by atoms with Gasteiger partial charge in [-0.2, -0.15) is 0 Å². The third-order valence-electron chi connectivity index (χ3n) is 6.45. The minimum atomic E-state index is -0.952. The molecule has 0 spiro atoms. The van der Waals surface area contributed by atoms with Gasteiger partial charge in [0.2, 0.25) is 5.91 Å². The first-order valence-electron chi connectivity index (χ1n) is 12.4. The zero-order valence-corrected chi connectivity index (χ0v) is 21.3. The molecule has 0 saturated carbocycles. The highest BCUT2D eigenvalue weighted by Crippen LogP contribution is 2.33. The van der Waals surface area contributed by atoms with Crippen LogP contribution in [0.25, 0.3) is 0 Å². The predicted molar refractivity (Wildman–Crippen MR) is 131 cm³/mol. The van der Waals surface area contributed by atoms with Crippen molar-refractivity contribution < 1.29 is 23.5 Å².